The van der Waals surface area contributed by atoms with Gasteiger partial charge in [-0.05, 0) is 51.3 Å². The van der Waals surface area contributed by atoms with Crippen LogP contribution in [-0.2, 0) is 10.0 Å². The molecule has 1 unspecified atom stereocenters. The number of carbonyl (C=O) groups excluding carboxylic acids is 1. The molecule has 0 aliphatic carbocycles. The van der Waals surface area contributed by atoms with E-state index >= 15 is 0 Å². The number of pyridine rings is 2. The lowest BCUT2D eigenvalue weighted by Gasteiger charge is -2.33. The maximum atomic E-state index is 13.0. The van der Waals surface area contributed by atoms with E-state index < -0.39 is 15.9 Å². The summed E-state index contributed by atoms with van der Waals surface area (Å²) in [5.74, 6) is 5.62. The maximum Gasteiger partial charge on any atom is 0.281 e. The van der Waals surface area contributed by atoms with Gasteiger partial charge >= 0.3 is 0 Å². The van der Waals surface area contributed by atoms with E-state index in [-0.39, 0.29) is 28.6 Å². The summed E-state index contributed by atoms with van der Waals surface area (Å²) < 4.78 is 33.0. The molecular weight excluding hydrogens is 416 g/mol. The van der Waals surface area contributed by atoms with E-state index in [4.69, 9.17) is 4.74 Å². The summed E-state index contributed by atoms with van der Waals surface area (Å²) in [4.78, 5) is 23.4. The molecule has 1 saturated heterocycles. The number of sulfonamides is 1. The summed E-state index contributed by atoms with van der Waals surface area (Å²) >= 11 is 0. The average Bonchev–Trinajstić information content (AvgIpc) is 3.00. The minimum absolute atomic E-state index is 0.0858. The van der Waals surface area contributed by atoms with E-state index in [9.17, 15) is 13.2 Å². The van der Waals surface area contributed by atoms with Crippen molar-refractivity contribution in [2.75, 3.05) is 18.1 Å². The molecule has 1 atom stereocenters. The summed E-state index contributed by atoms with van der Waals surface area (Å²) in [6, 6.07) is 7.49. The van der Waals surface area contributed by atoms with Crippen LogP contribution in [0.25, 0.3) is 0 Å². The van der Waals surface area contributed by atoms with Crippen LogP contribution >= 0.6 is 0 Å². The number of ether oxygens (including phenoxy) is 1. The van der Waals surface area contributed by atoms with E-state index in [1.54, 1.807) is 25.3 Å². The Balaban J connectivity index is 1.85. The van der Waals surface area contributed by atoms with Gasteiger partial charge in [0.1, 0.15) is 5.82 Å². The Morgan fingerprint density at radius 1 is 1.32 bits per heavy atom. The van der Waals surface area contributed by atoms with Gasteiger partial charge in [0, 0.05) is 24.3 Å². The van der Waals surface area contributed by atoms with Crippen LogP contribution in [0.2, 0.25) is 0 Å². The van der Waals surface area contributed by atoms with Gasteiger partial charge in [0.15, 0.2) is 11.6 Å². The van der Waals surface area contributed by atoms with E-state index in [1.165, 1.54) is 18.2 Å². The zero-order valence-electron chi connectivity index (χ0n) is 18.0. The van der Waals surface area contributed by atoms with Gasteiger partial charge in [-0.1, -0.05) is 18.9 Å². The highest BCUT2D eigenvalue weighted by molar-refractivity contribution is 7.90. The second kappa shape index (κ2) is 8.94. The third kappa shape index (κ3) is 5.14. The molecule has 164 valence electrons. The van der Waals surface area contributed by atoms with Gasteiger partial charge in [0.05, 0.1) is 5.56 Å². The summed E-state index contributed by atoms with van der Waals surface area (Å²) in [5.41, 5.74) is -0.00473. The summed E-state index contributed by atoms with van der Waals surface area (Å²) in [6.45, 7) is 8.80. The quantitative estimate of drug-likeness (QED) is 0.686. The monoisotopic (exact) mass is 442 g/mol. The highest BCUT2D eigenvalue weighted by atomic mass is 32.2. The molecule has 1 amide bonds. The molecule has 31 heavy (non-hydrogen) atoms. The molecule has 1 aliphatic rings. The van der Waals surface area contributed by atoms with Crippen molar-refractivity contribution in [2.24, 2.45) is 5.92 Å². The molecular formula is C22H26N4O4S. The second-order valence-electron chi connectivity index (χ2n) is 8.07. The Bertz CT molecular complexity index is 1140. The first-order chi connectivity index (χ1) is 14.6. The number of carbonyl (C=O) groups is 1. The van der Waals surface area contributed by atoms with Crippen LogP contribution < -0.4 is 14.4 Å². The zero-order chi connectivity index (χ0) is 22.6. The molecule has 8 nitrogen and oxygen atoms in total. The molecule has 0 aromatic carbocycles. The summed E-state index contributed by atoms with van der Waals surface area (Å²) in [6.07, 6.45) is 2.54. The Morgan fingerprint density at radius 3 is 2.77 bits per heavy atom. The van der Waals surface area contributed by atoms with Crippen LogP contribution in [0, 0.1) is 17.8 Å². The number of nitrogens with one attached hydrogen (secondary N) is 1. The Morgan fingerprint density at radius 2 is 2.10 bits per heavy atom. The zero-order valence-corrected chi connectivity index (χ0v) is 18.9. The smallest absolute Gasteiger partial charge is 0.281 e. The van der Waals surface area contributed by atoms with Gasteiger partial charge in [-0.15, -0.1) is 5.92 Å². The molecule has 3 rings (SSSR count). The van der Waals surface area contributed by atoms with Gasteiger partial charge in [0.2, 0.25) is 5.88 Å². The van der Waals surface area contributed by atoms with Crippen LogP contribution in [0.3, 0.4) is 0 Å². The predicted octanol–water partition coefficient (Wildman–Crippen LogP) is 2.62. The molecule has 0 spiro atoms. The number of aromatic nitrogens is 2. The molecule has 1 aliphatic heterocycles. The molecule has 0 bridgehead atoms. The van der Waals surface area contributed by atoms with Gasteiger partial charge in [-0.3, -0.25) is 4.79 Å². The third-order valence-electron chi connectivity index (χ3n) is 5.03. The van der Waals surface area contributed by atoms with Gasteiger partial charge < -0.3 is 9.64 Å². The number of anilines is 1. The minimum Gasteiger partial charge on any atom is -0.464 e. The molecule has 2 aromatic heterocycles. The number of rotatable bonds is 6. The lowest BCUT2D eigenvalue weighted by atomic mass is 9.97. The highest BCUT2D eigenvalue weighted by Crippen LogP contribution is 2.37. The minimum atomic E-state index is -4.21. The number of nitrogens with zero attached hydrogens (tertiary/aromatic N) is 3. The Labute approximate surface area is 183 Å². The molecule has 1 fully saturated rings. The average molecular weight is 443 g/mol. The predicted molar refractivity (Wildman–Crippen MR) is 117 cm³/mol. The van der Waals surface area contributed by atoms with Crippen molar-refractivity contribution in [3.05, 3.63) is 42.1 Å². The molecule has 0 saturated carbocycles. The first kappa shape index (κ1) is 22.6. The van der Waals surface area contributed by atoms with Crippen molar-refractivity contribution in [1.82, 2.24) is 14.7 Å². The van der Waals surface area contributed by atoms with Crippen LogP contribution in [0.4, 0.5) is 5.82 Å². The van der Waals surface area contributed by atoms with Crippen LogP contribution in [-0.4, -0.2) is 43.0 Å². The van der Waals surface area contributed by atoms with Crippen molar-refractivity contribution in [2.45, 2.75) is 44.7 Å². The second-order valence-corrected chi connectivity index (χ2v) is 9.70. The molecule has 1 N–H and O–H groups in total. The van der Waals surface area contributed by atoms with Crippen molar-refractivity contribution < 1.29 is 17.9 Å². The fraction of sp³-hybridized carbons (Fsp3) is 0.409. The molecule has 0 radical (unpaired) electrons. The standard InChI is InChI=1S/C22H26N4O4S/c1-5-6-13-30-18-10-7-11-19(24-18)31(28,29)25-21(27)17-9-8-12-23-20(17)26-15-16(2)14-22(26,3)4/h7-12,16H,13-15H2,1-4H3,(H,25,27). The van der Waals surface area contributed by atoms with E-state index in [1.807, 2.05) is 0 Å². The third-order valence-corrected chi connectivity index (χ3v) is 6.26. The van der Waals surface area contributed by atoms with Gasteiger partial charge in [-0.2, -0.15) is 13.4 Å². The molecule has 2 aromatic rings. The highest BCUT2D eigenvalue weighted by Gasteiger charge is 2.39. The van der Waals surface area contributed by atoms with Gasteiger partial charge in [-0.25, -0.2) is 9.71 Å². The van der Waals surface area contributed by atoms with Crippen molar-refractivity contribution >= 4 is 21.7 Å². The molecule has 3 heterocycles. The number of hydrogen-bond acceptors (Lipinski definition) is 7. The largest absolute Gasteiger partial charge is 0.464 e. The Hall–Kier alpha value is -3.12. The SMILES string of the molecule is CC#CCOc1cccc(S(=O)(=O)NC(=O)c2cccnc2N2CC(C)CC2(C)C)n1. The summed E-state index contributed by atoms with van der Waals surface area (Å²) in [5, 5.41) is -0.316. The van der Waals surface area contributed by atoms with Gasteiger partial charge in [0.25, 0.3) is 15.9 Å². The fourth-order valence-corrected chi connectivity index (χ4v) is 4.71. The van der Waals surface area contributed by atoms with E-state index in [2.05, 4.69) is 52.2 Å². The van der Waals surface area contributed by atoms with Crippen LogP contribution in [0.15, 0.2) is 41.6 Å². The summed E-state index contributed by atoms with van der Waals surface area (Å²) in [7, 11) is -4.21. The topological polar surface area (TPSA) is 101 Å². The normalized spacial score (nSPS) is 17.5. The van der Waals surface area contributed by atoms with E-state index in [0.29, 0.717) is 11.7 Å². The Kier molecular flexibility index (Phi) is 6.51. The fourth-order valence-electron chi connectivity index (χ4n) is 3.79. The van der Waals surface area contributed by atoms with Crippen molar-refractivity contribution in [1.29, 1.82) is 0 Å². The first-order valence-corrected chi connectivity index (χ1v) is 11.4. The van der Waals surface area contributed by atoms with Crippen LogP contribution in [0.1, 0.15) is 44.5 Å². The lowest BCUT2D eigenvalue weighted by molar-refractivity contribution is 0.0981. The first-order valence-electron chi connectivity index (χ1n) is 9.93. The van der Waals surface area contributed by atoms with Crippen LogP contribution in [0.5, 0.6) is 5.88 Å². The lowest BCUT2D eigenvalue weighted by Crippen LogP contribution is -2.41. The van der Waals surface area contributed by atoms with E-state index in [0.717, 1.165) is 13.0 Å². The maximum absolute atomic E-state index is 13.0. The van der Waals surface area contributed by atoms with Crippen molar-refractivity contribution in [3.63, 3.8) is 0 Å². The number of hydrogen-bond donors (Lipinski definition) is 1. The number of amides is 1. The van der Waals surface area contributed by atoms with Crippen molar-refractivity contribution in [3.8, 4) is 17.7 Å². The molecule has 9 heteroatoms.